The van der Waals surface area contributed by atoms with Gasteiger partial charge in [0.05, 0.1) is 11.6 Å². The molecular weight excluding hydrogens is 152 g/mol. The van der Waals surface area contributed by atoms with Crippen molar-refractivity contribution in [1.82, 2.24) is 5.32 Å². The van der Waals surface area contributed by atoms with Crippen LogP contribution in [-0.2, 0) is 6.54 Å². The van der Waals surface area contributed by atoms with Crippen molar-refractivity contribution in [3.63, 3.8) is 0 Å². The van der Waals surface area contributed by atoms with Gasteiger partial charge < -0.3 is 5.32 Å². The van der Waals surface area contributed by atoms with Crippen molar-refractivity contribution in [3.05, 3.63) is 34.9 Å². The Hall–Kier alpha value is -1.82. The summed E-state index contributed by atoms with van der Waals surface area (Å²) in [4.78, 5) is 11.1. The molecule has 0 atom stereocenters. The van der Waals surface area contributed by atoms with Crippen LogP contribution in [0.1, 0.15) is 21.5 Å². The Morgan fingerprint density at radius 2 is 2.33 bits per heavy atom. The average molecular weight is 158 g/mol. The number of carbonyl (C=O) groups excluding carboxylic acids is 1. The number of fused-ring (bicyclic) bond motifs is 1. The normalized spacial score (nSPS) is 13.4. The number of carbonyl (C=O) groups is 1. The van der Waals surface area contributed by atoms with Crippen LogP contribution < -0.4 is 5.32 Å². The van der Waals surface area contributed by atoms with Gasteiger partial charge in [-0.05, 0) is 23.8 Å². The van der Waals surface area contributed by atoms with Crippen LogP contribution in [0.25, 0.3) is 0 Å². The first-order valence-corrected chi connectivity index (χ1v) is 3.62. The standard InChI is InChI=1S/C9H6N2O/c10-4-6-1-2-8-7(3-6)5-11-9(8)12/h1-3H,5H2,(H,11,12). The van der Waals surface area contributed by atoms with Crippen molar-refractivity contribution in [3.8, 4) is 6.07 Å². The molecule has 1 aliphatic heterocycles. The molecule has 12 heavy (non-hydrogen) atoms. The van der Waals surface area contributed by atoms with Crippen LogP contribution in [0.15, 0.2) is 18.2 Å². The fourth-order valence-corrected chi connectivity index (χ4v) is 1.30. The lowest BCUT2D eigenvalue weighted by Gasteiger charge is -1.93. The van der Waals surface area contributed by atoms with Crippen molar-refractivity contribution in [2.75, 3.05) is 0 Å². The van der Waals surface area contributed by atoms with E-state index in [1.165, 1.54) is 0 Å². The van der Waals surface area contributed by atoms with Crippen LogP contribution in [0.2, 0.25) is 0 Å². The molecule has 58 valence electrons. The molecule has 1 aromatic carbocycles. The minimum atomic E-state index is -0.0468. The lowest BCUT2D eigenvalue weighted by atomic mass is 10.1. The Morgan fingerprint density at radius 3 is 3.08 bits per heavy atom. The van der Waals surface area contributed by atoms with Gasteiger partial charge in [-0.25, -0.2) is 0 Å². The van der Waals surface area contributed by atoms with Crippen molar-refractivity contribution in [1.29, 1.82) is 5.26 Å². The molecule has 3 nitrogen and oxygen atoms in total. The molecule has 0 saturated carbocycles. The van der Waals surface area contributed by atoms with Gasteiger partial charge in [-0.3, -0.25) is 4.79 Å². The Labute approximate surface area is 69.6 Å². The molecule has 0 aliphatic carbocycles. The highest BCUT2D eigenvalue weighted by Gasteiger charge is 2.17. The SMILES string of the molecule is N#Cc1ccc2c(c1)CNC2=O. The van der Waals surface area contributed by atoms with Gasteiger partial charge in [0.2, 0.25) is 0 Å². The molecule has 1 heterocycles. The molecule has 0 spiro atoms. The van der Waals surface area contributed by atoms with Gasteiger partial charge in [0, 0.05) is 12.1 Å². The first-order valence-electron chi connectivity index (χ1n) is 3.62. The monoisotopic (exact) mass is 158 g/mol. The number of hydrogen-bond donors (Lipinski definition) is 1. The largest absolute Gasteiger partial charge is 0.348 e. The molecule has 1 N–H and O–H groups in total. The van der Waals surface area contributed by atoms with Crippen molar-refractivity contribution in [2.45, 2.75) is 6.54 Å². The van der Waals surface area contributed by atoms with Crippen LogP contribution in [-0.4, -0.2) is 5.91 Å². The maximum atomic E-state index is 11.1. The zero-order chi connectivity index (χ0) is 8.55. The second kappa shape index (κ2) is 2.35. The highest BCUT2D eigenvalue weighted by Crippen LogP contribution is 2.16. The molecule has 1 aliphatic rings. The van der Waals surface area contributed by atoms with Crippen molar-refractivity contribution < 1.29 is 4.79 Å². The average Bonchev–Trinajstić information content (AvgIpc) is 2.47. The molecule has 1 amide bonds. The van der Waals surface area contributed by atoms with E-state index in [4.69, 9.17) is 5.26 Å². The molecule has 0 bridgehead atoms. The number of nitrogens with zero attached hydrogens (tertiary/aromatic N) is 1. The fraction of sp³-hybridized carbons (Fsp3) is 0.111. The molecule has 0 radical (unpaired) electrons. The second-order valence-electron chi connectivity index (χ2n) is 2.67. The summed E-state index contributed by atoms with van der Waals surface area (Å²) in [7, 11) is 0. The third kappa shape index (κ3) is 0.857. The first kappa shape index (κ1) is 6.86. The van der Waals surface area contributed by atoms with Gasteiger partial charge in [-0.2, -0.15) is 5.26 Å². The van der Waals surface area contributed by atoms with E-state index >= 15 is 0 Å². The smallest absolute Gasteiger partial charge is 0.251 e. The van der Waals surface area contributed by atoms with E-state index in [0.29, 0.717) is 17.7 Å². The summed E-state index contributed by atoms with van der Waals surface area (Å²) in [6.07, 6.45) is 0. The number of rotatable bonds is 0. The van der Waals surface area contributed by atoms with Crippen LogP contribution in [0.4, 0.5) is 0 Å². The van der Waals surface area contributed by atoms with Crippen molar-refractivity contribution >= 4 is 5.91 Å². The van der Waals surface area contributed by atoms with Gasteiger partial charge in [0.1, 0.15) is 0 Å². The summed E-state index contributed by atoms with van der Waals surface area (Å²) in [5.74, 6) is -0.0468. The van der Waals surface area contributed by atoms with E-state index in [1.54, 1.807) is 18.2 Å². The van der Waals surface area contributed by atoms with Crippen molar-refractivity contribution in [2.24, 2.45) is 0 Å². The summed E-state index contributed by atoms with van der Waals surface area (Å²) in [6.45, 7) is 0.545. The fourth-order valence-electron chi connectivity index (χ4n) is 1.30. The maximum absolute atomic E-state index is 11.1. The zero-order valence-electron chi connectivity index (χ0n) is 6.29. The first-order chi connectivity index (χ1) is 5.81. The predicted octanol–water partition coefficient (Wildman–Crippen LogP) is 0.802. The molecule has 0 unspecified atom stereocenters. The van der Waals surface area contributed by atoms with Gasteiger partial charge >= 0.3 is 0 Å². The molecular formula is C9H6N2O. The van der Waals surface area contributed by atoms with Crippen LogP contribution >= 0.6 is 0 Å². The van der Waals surface area contributed by atoms with E-state index in [2.05, 4.69) is 5.32 Å². The van der Waals surface area contributed by atoms with E-state index in [0.717, 1.165) is 5.56 Å². The Balaban J connectivity index is 2.57. The van der Waals surface area contributed by atoms with Gasteiger partial charge in [-0.15, -0.1) is 0 Å². The minimum absolute atomic E-state index is 0.0468. The van der Waals surface area contributed by atoms with Gasteiger partial charge in [-0.1, -0.05) is 0 Å². The molecule has 3 heteroatoms. The Bertz CT molecular complexity index is 390. The number of amides is 1. The summed E-state index contributed by atoms with van der Waals surface area (Å²) in [5, 5.41) is 11.3. The van der Waals surface area contributed by atoms with Crippen LogP contribution in [0, 0.1) is 11.3 Å². The number of nitriles is 1. The minimum Gasteiger partial charge on any atom is -0.348 e. The van der Waals surface area contributed by atoms with E-state index < -0.39 is 0 Å². The molecule has 0 fully saturated rings. The highest BCUT2D eigenvalue weighted by atomic mass is 16.1. The van der Waals surface area contributed by atoms with Crippen LogP contribution in [0.3, 0.4) is 0 Å². The third-order valence-corrected chi connectivity index (χ3v) is 1.92. The van der Waals surface area contributed by atoms with E-state index in [9.17, 15) is 4.79 Å². The topological polar surface area (TPSA) is 52.9 Å². The molecule has 2 rings (SSSR count). The summed E-state index contributed by atoms with van der Waals surface area (Å²) < 4.78 is 0. The van der Waals surface area contributed by atoms with Gasteiger partial charge in [0.25, 0.3) is 5.91 Å². The highest BCUT2D eigenvalue weighted by molar-refractivity contribution is 5.98. The third-order valence-electron chi connectivity index (χ3n) is 1.92. The number of nitrogens with one attached hydrogen (secondary N) is 1. The zero-order valence-corrected chi connectivity index (χ0v) is 6.29. The lowest BCUT2D eigenvalue weighted by molar-refractivity contribution is 0.0966. The number of benzene rings is 1. The lowest BCUT2D eigenvalue weighted by Crippen LogP contribution is -2.12. The molecule has 0 aromatic heterocycles. The molecule has 1 aromatic rings. The molecule has 0 saturated heterocycles. The second-order valence-corrected chi connectivity index (χ2v) is 2.67. The predicted molar refractivity (Wildman–Crippen MR) is 42.3 cm³/mol. The summed E-state index contributed by atoms with van der Waals surface area (Å²) >= 11 is 0. The quantitative estimate of drug-likeness (QED) is 0.607. The summed E-state index contributed by atoms with van der Waals surface area (Å²) in [6, 6.07) is 7.12. The van der Waals surface area contributed by atoms with Crippen LogP contribution in [0.5, 0.6) is 0 Å². The van der Waals surface area contributed by atoms with Gasteiger partial charge in [0.15, 0.2) is 0 Å². The van der Waals surface area contributed by atoms with E-state index in [-0.39, 0.29) is 5.91 Å². The Morgan fingerprint density at radius 1 is 1.50 bits per heavy atom. The van der Waals surface area contributed by atoms with E-state index in [1.807, 2.05) is 6.07 Å². The number of hydrogen-bond acceptors (Lipinski definition) is 2. The summed E-state index contributed by atoms with van der Waals surface area (Å²) in [5.41, 5.74) is 2.21. The maximum Gasteiger partial charge on any atom is 0.251 e. The Kier molecular flexibility index (Phi) is 1.34.